The summed E-state index contributed by atoms with van der Waals surface area (Å²) in [5, 5.41) is 3.12. The number of guanidine groups is 1. The second-order valence-electron chi connectivity index (χ2n) is 5.45. The molecule has 116 valence electrons. The first kappa shape index (κ1) is 15.6. The summed E-state index contributed by atoms with van der Waals surface area (Å²) in [5.74, 6) is 1.83. The van der Waals surface area contributed by atoms with Gasteiger partial charge in [-0.1, -0.05) is 19.1 Å². The number of para-hydroxylation sites is 2. The third-order valence-corrected chi connectivity index (χ3v) is 3.94. The highest BCUT2D eigenvalue weighted by Crippen LogP contribution is 2.22. The number of hydrogen-bond acceptors (Lipinski definition) is 3. The number of aliphatic imine (C=N–C) groups is 1. The molecule has 0 aromatic heterocycles. The van der Waals surface area contributed by atoms with E-state index in [4.69, 9.17) is 10.5 Å². The topological polar surface area (TPSA) is 62.9 Å². The lowest BCUT2D eigenvalue weighted by atomic mass is 9.98. The number of rotatable bonds is 5. The quantitative estimate of drug-likeness (QED) is 0.644. The molecule has 0 aliphatic carbocycles. The van der Waals surface area contributed by atoms with E-state index in [0.29, 0.717) is 11.9 Å². The maximum absolute atomic E-state index is 5.98. The molecule has 21 heavy (non-hydrogen) atoms. The average molecular weight is 290 g/mol. The third-order valence-electron chi connectivity index (χ3n) is 3.94. The molecule has 0 spiro atoms. The van der Waals surface area contributed by atoms with Gasteiger partial charge in [0.2, 0.25) is 0 Å². The van der Waals surface area contributed by atoms with Gasteiger partial charge in [0.05, 0.1) is 12.8 Å². The van der Waals surface area contributed by atoms with Crippen LogP contribution in [-0.4, -0.2) is 44.1 Å². The van der Waals surface area contributed by atoms with Crippen LogP contribution in [0.5, 0.6) is 5.75 Å². The molecule has 1 atom stereocenters. The predicted molar refractivity (Wildman–Crippen MR) is 87.9 cm³/mol. The van der Waals surface area contributed by atoms with Crippen LogP contribution in [0.3, 0.4) is 0 Å². The summed E-state index contributed by atoms with van der Waals surface area (Å²) < 4.78 is 5.29. The largest absolute Gasteiger partial charge is 0.495 e. The first-order chi connectivity index (χ1) is 10.2. The third kappa shape index (κ3) is 4.63. The van der Waals surface area contributed by atoms with Crippen molar-refractivity contribution in [2.45, 2.75) is 19.8 Å². The Morgan fingerprint density at radius 2 is 2.29 bits per heavy atom. The summed E-state index contributed by atoms with van der Waals surface area (Å²) in [6.07, 6.45) is 2.50. The number of nitrogens with zero attached hydrogens (tertiary/aromatic N) is 2. The second kappa shape index (κ2) is 7.88. The van der Waals surface area contributed by atoms with Crippen molar-refractivity contribution in [2.24, 2.45) is 16.6 Å². The van der Waals surface area contributed by atoms with E-state index in [1.165, 1.54) is 19.4 Å². The van der Waals surface area contributed by atoms with Crippen LogP contribution >= 0.6 is 0 Å². The highest BCUT2D eigenvalue weighted by Gasteiger charge is 2.18. The number of nitrogens with two attached hydrogens (primary N) is 1. The fourth-order valence-electron chi connectivity index (χ4n) is 2.74. The van der Waals surface area contributed by atoms with Crippen molar-refractivity contribution < 1.29 is 4.74 Å². The van der Waals surface area contributed by atoms with Gasteiger partial charge in [0, 0.05) is 13.1 Å². The standard InChI is InChI=1S/C16H26N4O/c1-3-20-10-6-7-13(12-20)11-18-16(17)19-14-8-4-5-9-15(14)21-2/h4-5,8-9,13H,3,6-7,10-12H2,1-2H3,(H3,17,18,19). The number of ether oxygens (including phenoxy) is 1. The van der Waals surface area contributed by atoms with Crippen LogP contribution in [0.2, 0.25) is 0 Å². The van der Waals surface area contributed by atoms with Gasteiger partial charge in [-0.3, -0.25) is 4.99 Å². The minimum absolute atomic E-state index is 0.452. The number of likely N-dealkylation sites (tertiary alicyclic amines) is 1. The van der Waals surface area contributed by atoms with Crippen LogP contribution in [0.15, 0.2) is 29.3 Å². The van der Waals surface area contributed by atoms with Crippen molar-refractivity contribution in [2.75, 3.05) is 38.6 Å². The smallest absolute Gasteiger partial charge is 0.193 e. The van der Waals surface area contributed by atoms with Crippen LogP contribution in [0.1, 0.15) is 19.8 Å². The van der Waals surface area contributed by atoms with Crippen LogP contribution in [0, 0.1) is 5.92 Å². The van der Waals surface area contributed by atoms with Gasteiger partial charge in [-0.2, -0.15) is 0 Å². The summed E-state index contributed by atoms with van der Waals surface area (Å²) in [7, 11) is 1.65. The molecule has 1 fully saturated rings. The summed E-state index contributed by atoms with van der Waals surface area (Å²) in [6, 6.07) is 7.70. The number of benzene rings is 1. The van der Waals surface area contributed by atoms with E-state index in [2.05, 4.69) is 22.1 Å². The lowest BCUT2D eigenvalue weighted by molar-refractivity contribution is 0.187. The van der Waals surface area contributed by atoms with Crippen molar-refractivity contribution in [1.29, 1.82) is 0 Å². The Morgan fingerprint density at radius 1 is 1.48 bits per heavy atom. The summed E-state index contributed by atoms with van der Waals surface area (Å²) in [4.78, 5) is 6.97. The monoisotopic (exact) mass is 290 g/mol. The highest BCUT2D eigenvalue weighted by molar-refractivity contribution is 5.93. The number of hydrogen-bond donors (Lipinski definition) is 2. The van der Waals surface area contributed by atoms with E-state index in [1.54, 1.807) is 7.11 Å². The number of methoxy groups -OCH3 is 1. The number of nitrogens with one attached hydrogen (secondary N) is 1. The first-order valence-electron chi connectivity index (χ1n) is 7.65. The summed E-state index contributed by atoms with van der Waals surface area (Å²) in [5.41, 5.74) is 6.83. The van der Waals surface area contributed by atoms with Gasteiger partial charge >= 0.3 is 0 Å². The van der Waals surface area contributed by atoms with Crippen LogP contribution in [-0.2, 0) is 0 Å². The van der Waals surface area contributed by atoms with E-state index < -0.39 is 0 Å². The Morgan fingerprint density at radius 3 is 3.05 bits per heavy atom. The maximum atomic E-state index is 5.98. The van der Waals surface area contributed by atoms with Crippen LogP contribution in [0.25, 0.3) is 0 Å². The maximum Gasteiger partial charge on any atom is 0.193 e. The Balaban J connectivity index is 1.89. The van der Waals surface area contributed by atoms with Gasteiger partial charge in [-0.05, 0) is 44.0 Å². The zero-order chi connectivity index (χ0) is 15.1. The molecule has 1 heterocycles. The molecule has 2 rings (SSSR count). The van der Waals surface area contributed by atoms with Crippen molar-refractivity contribution in [1.82, 2.24) is 4.90 Å². The lowest BCUT2D eigenvalue weighted by Gasteiger charge is -2.30. The zero-order valence-corrected chi connectivity index (χ0v) is 13.0. The van der Waals surface area contributed by atoms with Crippen molar-refractivity contribution in [3.63, 3.8) is 0 Å². The normalized spacial score (nSPS) is 20.3. The van der Waals surface area contributed by atoms with Gasteiger partial charge < -0.3 is 20.7 Å². The van der Waals surface area contributed by atoms with E-state index in [9.17, 15) is 0 Å². The van der Waals surface area contributed by atoms with Gasteiger partial charge in [0.1, 0.15) is 5.75 Å². The molecule has 0 radical (unpaired) electrons. The minimum atomic E-state index is 0.452. The van der Waals surface area contributed by atoms with E-state index in [-0.39, 0.29) is 0 Å². The average Bonchev–Trinajstić information content (AvgIpc) is 2.53. The van der Waals surface area contributed by atoms with E-state index in [0.717, 1.165) is 31.1 Å². The highest BCUT2D eigenvalue weighted by atomic mass is 16.5. The molecule has 0 bridgehead atoms. The molecule has 1 unspecified atom stereocenters. The molecule has 3 N–H and O–H groups in total. The molecule has 5 heteroatoms. The summed E-state index contributed by atoms with van der Waals surface area (Å²) in [6.45, 7) is 6.45. The Bertz CT molecular complexity index is 475. The SMILES string of the molecule is CCN1CCCC(CN=C(N)Nc2ccccc2OC)C1. The molecule has 5 nitrogen and oxygen atoms in total. The molecule has 1 aromatic carbocycles. The minimum Gasteiger partial charge on any atom is -0.495 e. The number of anilines is 1. The van der Waals surface area contributed by atoms with E-state index in [1.807, 2.05) is 24.3 Å². The second-order valence-corrected chi connectivity index (χ2v) is 5.45. The molecule has 1 aliphatic rings. The Kier molecular flexibility index (Phi) is 5.87. The molecule has 1 aliphatic heterocycles. The van der Waals surface area contributed by atoms with Gasteiger partial charge in [-0.15, -0.1) is 0 Å². The Hall–Kier alpha value is -1.75. The zero-order valence-electron chi connectivity index (χ0n) is 13.0. The lowest BCUT2D eigenvalue weighted by Crippen LogP contribution is -2.36. The number of piperidine rings is 1. The van der Waals surface area contributed by atoms with E-state index >= 15 is 0 Å². The molecular weight excluding hydrogens is 264 g/mol. The van der Waals surface area contributed by atoms with Crippen LogP contribution < -0.4 is 15.8 Å². The fourth-order valence-corrected chi connectivity index (χ4v) is 2.74. The van der Waals surface area contributed by atoms with Crippen LogP contribution in [0.4, 0.5) is 5.69 Å². The first-order valence-corrected chi connectivity index (χ1v) is 7.65. The fraction of sp³-hybridized carbons (Fsp3) is 0.562. The van der Waals surface area contributed by atoms with Gasteiger partial charge in [0.25, 0.3) is 0 Å². The van der Waals surface area contributed by atoms with Crippen molar-refractivity contribution >= 4 is 11.6 Å². The molecule has 1 aromatic rings. The van der Waals surface area contributed by atoms with Gasteiger partial charge in [0.15, 0.2) is 5.96 Å². The van der Waals surface area contributed by atoms with Crippen molar-refractivity contribution in [3.8, 4) is 5.75 Å². The molecular formula is C16H26N4O. The Labute approximate surface area is 127 Å². The molecule has 0 saturated carbocycles. The molecule has 1 saturated heterocycles. The van der Waals surface area contributed by atoms with Gasteiger partial charge in [-0.25, -0.2) is 0 Å². The summed E-state index contributed by atoms with van der Waals surface area (Å²) >= 11 is 0. The molecule has 0 amide bonds. The predicted octanol–water partition coefficient (Wildman–Crippen LogP) is 2.15. The van der Waals surface area contributed by atoms with Crippen molar-refractivity contribution in [3.05, 3.63) is 24.3 Å².